The molecule has 1 aliphatic heterocycles. The lowest BCUT2D eigenvalue weighted by molar-refractivity contribution is -0.123. The monoisotopic (exact) mass is 155 g/mol. The molecule has 0 aliphatic carbocycles. The maximum Gasteiger partial charge on any atom is 0.298 e. The van der Waals surface area contributed by atoms with Crippen molar-refractivity contribution in [2.24, 2.45) is 0 Å². The Morgan fingerprint density at radius 1 is 1.70 bits per heavy atom. The fraction of sp³-hybridized carbons (Fsp3) is 0.571. The zero-order valence-electron chi connectivity index (χ0n) is 5.98. The molecule has 1 amide bonds. The second-order valence-corrected chi connectivity index (χ2v) is 3.42. The Morgan fingerprint density at radius 3 is 3.00 bits per heavy atom. The summed E-state index contributed by atoms with van der Waals surface area (Å²) in [5.74, 6) is 5.13. The molecule has 1 atom stereocenters. The van der Waals surface area contributed by atoms with Crippen LogP contribution in [-0.2, 0) is 4.79 Å². The molecule has 2 nitrogen and oxygen atoms in total. The summed E-state index contributed by atoms with van der Waals surface area (Å²) < 4.78 is 0. The topological polar surface area (TPSA) is 20.3 Å². The van der Waals surface area contributed by atoms with E-state index < -0.39 is 0 Å². The highest BCUT2D eigenvalue weighted by molar-refractivity contribution is 7.38. The Hall–Kier alpha value is -0.540. The third kappa shape index (κ3) is 1.72. The van der Waals surface area contributed by atoms with E-state index in [1.165, 1.54) is 0 Å². The summed E-state index contributed by atoms with van der Waals surface area (Å²) in [7, 11) is 0.924. The van der Waals surface area contributed by atoms with E-state index in [-0.39, 0.29) is 5.91 Å². The second-order valence-electron chi connectivity index (χ2n) is 2.10. The van der Waals surface area contributed by atoms with Gasteiger partial charge in [-0.3, -0.25) is 4.79 Å². The molecule has 0 radical (unpaired) electrons. The van der Waals surface area contributed by atoms with E-state index >= 15 is 0 Å². The van der Waals surface area contributed by atoms with Crippen LogP contribution in [0, 0.1) is 11.8 Å². The highest BCUT2D eigenvalue weighted by Crippen LogP contribution is 2.19. The highest BCUT2D eigenvalue weighted by Gasteiger charge is 2.14. The Morgan fingerprint density at radius 2 is 2.50 bits per heavy atom. The van der Waals surface area contributed by atoms with Crippen LogP contribution in [0.25, 0.3) is 0 Å². The SMILES string of the molecule is CC#CC(=O)N1CCPC1. The van der Waals surface area contributed by atoms with Gasteiger partial charge in [0.25, 0.3) is 5.91 Å². The number of carbonyl (C=O) groups excluding carboxylic acids is 1. The first-order chi connectivity index (χ1) is 4.84. The van der Waals surface area contributed by atoms with Crippen molar-refractivity contribution in [2.45, 2.75) is 6.92 Å². The molecular weight excluding hydrogens is 145 g/mol. The van der Waals surface area contributed by atoms with Gasteiger partial charge >= 0.3 is 0 Å². The predicted molar refractivity (Wildman–Crippen MR) is 43.2 cm³/mol. The minimum atomic E-state index is -0.00694. The summed E-state index contributed by atoms with van der Waals surface area (Å²) in [4.78, 5) is 12.8. The summed E-state index contributed by atoms with van der Waals surface area (Å²) >= 11 is 0. The van der Waals surface area contributed by atoms with Crippen LogP contribution in [0.2, 0.25) is 0 Å². The first kappa shape index (κ1) is 7.57. The molecule has 1 fully saturated rings. The molecule has 10 heavy (non-hydrogen) atoms. The molecule has 0 bridgehead atoms. The van der Waals surface area contributed by atoms with Crippen molar-refractivity contribution in [2.75, 3.05) is 19.0 Å². The minimum absolute atomic E-state index is 0.00694. The Labute approximate surface area is 62.8 Å². The maximum absolute atomic E-state index is 11.0. The van der Waals surface area contributed by atoms with E-state index in [2.05, 4.69) is 11.8 Å². The van der Waals surface area contributed by atoms with Crippen molar-refractivity contribution in [3.05, 3.63) is 0 Å². The summed E-state index contributed by atoms with van der Waals surface area (Å²) in [6.45, 7) is 2.60. The molecule has 54 valence electrons. The number of hydrogen-bond donors (Lipinski definition) is 0. The average molecular weight is 155 g/mol. The Bertz CT molecular complexity index is 186. The van der Waals surface area contributed by atoms with Gasteiger partial charge in [0.15, 0.2) is 0 Å². The number of rotatable bonds is 0. The molecule has 1 heterocycles. The largest absolute Gasteiger partial charge is 0.328 e. The van der Waals surface area contributed by atoms with Gasteiger partial charge in [-0.25, -0.2) is 0 Å². The smallest absolute Gasteiger partial charge is 0.298 e. The zero-order valence-corrected chi connectivity index (χ0v) is 6.98. The van der Waals surface area contributed by atoms with Crippen molar-refractivity contribution >= 4 is 14.5 Å². The van der Waals surface area contributed by atoms with Crippen LogP contribution in [0.4, 0.5) is 0 Å². The van der Waals surface area contributed by atoms with Crippen molar-refractivity contribution in [3.8, 4) is 11.8 Å². The van der Waals surface area contributed by atoms with Gasteiger partial charge in [-0.05, 0) is 19.0 Å². The van der Waals surface area contributed by atoms with Gasteiger partial charge in [-0.2, -0.15) is 0 Å². The molecule has 0 saturated carbocycles. The van der Waals surface area contributed by atoms with E-state index in [0.717, 1.165) is 27.6 Å². The lowest BCUT2D eigenvalue weighted by atomic mass is 10.5. The van der Waals surface area contributed by atoms with Crippen LogP contribution in [-0.4, -0.2) is 29.8 Å². The second kappa shape index (κ2) is 3.58. The molecule has 0 spiro atoms. The molecule has 0 N–H and O–H groups in total. The lowest BCUT2D eigenvalue weighted by Crippen LogP contribution is -2.25. The standard InChI is InChI=1S/C7H10NOP/c1-2-3-7(9)8-4-5-10-6-8/h10H,4-6H2,1H3. The van der Waals surface area contributed by atoms with Crippen molar-refractivity contribution < 1.29 is 4.79 Å². The third-order valence-corrected chi connectivity index (χ3v) is 2.56. The van der Waals surface area contributed by atoms with Crippen molar-refractivity contribution in [1.82, 2.24) is 4.90 Å². The molecule has 0 aromatic rings. The zero-order chi connectivity index (χ0) is 7.40. The summed E-state index contributed by atoms with van der Waals surface area (Å²) in [6.07, 6.45) is 2.09. The summed E-state index contributed by atoms with van der Waals surface area (Å²) in [5.41, 5.74) is 0. The number of carbonyl (C=O) groups is 1. The van der Waals surface area contributed by atoms with Gasteiger partial charge in [-0.1, -0.05) is 14.5 Å². The van der Waals surface area contributed by atoms with Crippen LogP contribution < -0.4 is 0 Å². The van der Waals surface area contributed by atoms with Gasteiger partial charge in [0.2, 0.25) is 0 Å². The quantitative estimate of drug-likeness (QED) is 0.368. The van der Waals surface area contributed by atoms with Crippen LogP contribution in [0.5, 0.6) is 0 Å². The molecule has 1 rings (SSSR count). The van der Waals surface area contributed by atoms with Crippen molar-refractivity contribution in [3.63, 3.8) is 0 Å². The van der Waals surface area contributed by atoms with E-state index in [1.807, 2.05) is 4.90 Å². The van der Waals surface area contributed by atoms with E-state index in [1.54, 1.807) is 6.92 Å². The van der Waals surface area contributed by atoms with Gasteiger partial charge in [0.05, 0.1) is 0 Å². The summed E-state index contributed by atoms with van der Waals surface area (Å²) in [6, 6.07) is 0. The number of amides is 1. The normalized spacial score (nSPS) is 18.7. The van der Waals surface area contributed by atoms with Crippen molar-refractivity contribution in [1.29, 1.82) is 0 Å². The molecule has 0 aromatic carbocycles. The molecule has 1 unspecified atom stereocenters. The number of nitrogens with zero attached hydrogens (tertiary/aromatic N) is 1. The average Bonchev–Trinajstić information content (AvgIpc) is 2.38. The van der Waals surface area contributed by atoms with Crippen LogP contribution in [0.15, 0.2) is 0 Å². The molecule has 1 aliphatic rings. The first-order valence-electron chi connectivity index (χ1n) is 3.27. The Balaban J connectivity index is 2.45. The van der Waals surface area contributed by atoms with Gasteiger partial charge in [0.1, 0.15) is 0 Å². The maximum atomic E-state index is 11.0. The van der Waals surface area contributed by atoms with Crippen LogP contribution >= 0.6 is 8.58 Å². The third-order valence-electron chi connectivity index (χ3n) is 1.38. The highest BCUT2D eigenvalue weighted by atomic mass is 31.1. The molecule has 1 saturated heterocycles. The van der Waals surface area contributed by atoms with E-state index in [4.69, 9.17) is 0 Å². The van der Waals surface area contributed by atoms with Gasteiger partial charge in [-0.15, -0.1) is 0 Å². The van der Waals surface area contributed by atoms with Crippen LogP contribution in [0.1, 0.15) is 6.92 Å². The lowest BCUT2D eigenvalue weighted by Gasteiger charge is -2.08. The first-order valence-corrected chi connectivity index (χ1v) is 4.68. The summed E-state index contributed by atoms with van der Waals surface area (Å²) in [5, 5.41) is 0. The van der Waals surface area contributed by atoms with Gasteiger partial charge < -0.3 is 4.90 Å². The minimum Gasteiger partial charge on any atom is -0.328 e. The van der Waals surface area contributed by atoms with Gasteiger partial charge in [0, 0.05) is 12.8 Å². The van der Waals surface area contributed by atoms with E-state index in [0.29, 0.717) is 0 Å². The molecule has 0 aromatic heterocycles. The van der Waals surface area contributed by atoms with Crippen LogP contribution in [0.3, 0.4) is 0 Å². The fourth-order valence-electron chi connectivity index (χ4n) is 0.866. The predicted octanol–water partition coefficient (Wildman–Crippen LogP) is 0.488. The number of hydrogen-bond acceptors (Lipinski definition) is 1. The molecule has 3 heteroatoms. The van der Waals surface area contributed by atoms with E-state index in [9.17, 15) is 4.79 Å². The Kier molecular flexibility index (Phi) is 2.71. The fourth-order valence-corrected chi connectivity index (χ4v) is 2.02. The molecular formula is C7H10NOP.